The predicted octanol–water partition coefficient (Wildman–Crippen LogP) is 3.11. The van der Waals surface area contributed by atoms with Crippen LogP contribution in [0.15, 0.2) is 22.7 Å². The molecular formula is C16H21N3O2. The Bertz CT molecular complexity index is 620. The van der Waals surface area contributed by atoms with Crippen molar-refractivity contribution in [1.82, 2.24) is 15.5 Å². The van der Waals surface area contributed by atoms with Gasteiger partial charge in [0.2, 0.25) is 11.7 Å². The van der Waals surface area contributed by atoms with Gasteiger partial charge in [0.1, 0.15) is 5.75 Å². The first-order valence-electron chi connectivity index (χ1n) is 7.40. The van der Waals surface area contributed by atoms with Crippen molar-refractivity contribution < 1.29 is 9.26 Å². The van der Waals surface area contributed by atoms with Crippen LogP contribution >= 0.6 is 0 Å². The zero-order valence-electron chi connectivity index (χ0n) is 12.7. The van der Waals surface area contributed by atoms with E-state index in [0.29, 0.717) is 18.3 Å². The molecule has 1 atom stereocenters. The maximum atomic E-state index is 5.92. The summed E-state index contributed by atoms with van der Waals surface area (Å²) in [6.45, 7) is 4.50. The van der Waals surface area contributed by atoms with Crippen LogP contribution < -0.4 is 10.1 Å². The average Bonchev–Trinajstić information content (AvgIpc) is 3.23. The lowest BCUT2D eigenvalue weighted by Crippen LogP contribution is -2.14. The summed E-state index contributed by atoms with van der Waals surface area (Å²) in [5, 5.41) is 7.22. The van der Waals surface area contributed by atoms with E-state index in [4.69, 9.17) is 9.26 Å². The van der Waals surface area contributed by atoms with Gasteiger partial charge in [0.05, 0.1) is 0 Å². The molecule has 1 aliphatic carbocycles. The van der Waals surface area contributed by atoms with E-state index in [1.165, 1.54) is 5.56 Å². The van der Waals surface area contributed by atoms with Gasteiger partial charge in [0.15, 0.2) is 6.61 Å². The molecule has 0 aliphatic heterocycles. The van der Waals surface area contributed by atoms with E-state index in [-0.39, 0.29) is 6.04 Å². The highest BCUT2D eigenvalue weighted by atomic mass is 16.5. The van der Waals surface area contributed by atoms with E-state index >= 15 is 0 Å². The highest BCUT2D eigenvalue weighted by molar-refractivity contribution is 5.39. The lowest BCUT2D eigenvalue weighted by Gasteiger charge is -2.16. The third kappa shape index (κ3) is 3.24. The molecule has 1 saturated carbocycles. The quantitative estimate of drug-likeness (QED) is 0.884. The highest BCUT2D eigenvalue weighted by Gasteiger charge is 2.29. The summed E-state index contributed by atoms with van der Waals surface area (Å²) in [5.74, 6) is 2.71. The van der Waals surface area contributed by atoms with Gasteiger partial charge in [-0.2, -0.15) is 4.98 Å². The molecule has 1 aromatic carbocycles. The number of nitrogens with one attached hydrogen (secondary N) is 1. The summed E-state index contributed by atoms with van der Waals surface area (Å²) < 4.78 is 11.2. The van der Waals surface area contributed by atoms with Gasteiger partial charge in [0.25, 0.3) is 0 Å². The number of benzene rings is 1. The minimum absolute atomic E-state index is 0.230. The summed E-state index contributed by atoms with van der Waals surface area (Å²) in [7, 11) is 1.94. The fourth-order valence-corrected chi connectivity index (χ4v) is 2.24. The van der Waals surface area contributed by atoms with Gasteiger partial charge >= 0.3 is 0 Å². The van der Waals surface area contributed by atoms with Gasteiger partial charge in [-0.05, 0) is 45.4 Å². The van der Waals surface area contributed by atoms with E-state index in [1.54, 1.807) is 0 Å². The van der Waals surface area contributed by atoms with Crippen LogP contribution in [-0.4, -0.2) is 17.2 Å². The SMILES string of the molecule is CNC(C)c1ccc(C)cc1OCc1noc(C2CC2)n1. The molecule has 1 fully saturated rings. The van der Waals surface area contributed by atoms with Crippen molar-refractivity contribution in [2.45, 2.75) is 45.3 Å². The Labute approximate surface area is 124 Å². The monoisotopic (exact) mass is 287 g/mol. The molecule has 1 aliphatic rings. The Kier molecular flexibility index (Phi) is 3.92. The number of aromatic nitrogens is 2. The second kappa shape index (κ2) is 5.85. The maximum Gasteiger partial charge on any atom is 0.229 e. The van der Waals surface area contributed by atoms with Gasteiger partial charge in [-0.1, -0.05) is 17.3 Å². The number of ether oxygens (including phenoxy) is 1. The average molecular weight is 287 g/mol. The first-order chi connectivity index (χ1) is 10.2. The number of rotatable bonds is 6. The third-order valence-corrected chi connectivity index (χ3v) is 3.84. The zero-order chi connectivity index (χ0) is 14.8. The molecule has 1 N–H and O–H groups in total. The van der Waals surface area contributed by atoms with Gasteiger partial charge < -0.3 is 14.6 Å². The van der Waals surface area contributed by atoms with Crippen molar-refractivity contribution in [3.8, 4) is 5.75 Å². The number of aryl methyl sites for hydroxylation is 1. The second-order valence-electron chi connectivity index (χ2n) is 5.66. The molecule has 0 amide bonds. The Morgan fingerprint density at radius 2 is 2.24 bits per heavy atom. The summed E-state index contributed by atoms with van der Waals surface area (Å²) >= 11 is 0. The van der Waals surface area contributed by atoms with Crippen molar-refractivity contribution in [2.24, 2.45) is 0 Å². The highest BCUT2D eigenvalue weighted by Crippen LogP contribution is 2.38. The minimum atomic E-state index is 0.230. The zero-order valence-corrected chi connectivity index (χ0v) is 12.7. The van der Waals surface area contributed by atoms with Crippen LogP contribution in [0.25, 0.3) is 0 Å². The van der Waals surface area contributed by atoms with E-state index in [9.17, 15) is 0 Å². The maximum absolute atomic E-state index is 5.92. The fourth-order valence-electron chi connectivity index (χ4n) is 2.24. The number of hydrogen-bond donors (Lipinski definition) is 1. The first-order valence-corrected chi connectivity index (χ1v) is 7.40. The smallest absolute Gasteiger partial charge is 0.229 e. The van der Waals surface area contributed by atoms with Crippen LogP contribution in [0, 0.1) is 6.92 Å². The molecule has 0 bridgehead atoms. The van der Waals surface area contributed by atoms with E-state index < -0.39 is 0 Å². The van der Waals surface area contributed by atoms with Crippen LogP contribution in [0.2, 0.25) is 0 Å². The molecule has 1 unspecified atom stereocenters. The molecule has 5 nitrogen and oxygen atoms in total. The van der Waals surface area contributed by atoms with Crippen LogP contribution in [0.3, 0.4) is 0 Å². The molecule has 21 heavy (non-hydrogen) atoms. The third-order valence-electron chi connectivity index (χ3n) is 3.84. The minimum Gasteiger partial charge on any atom is -0.485 e. The topological polar surface area (TPSA) is 60.2 Å². The molecule has 1 aromatic heterocycles. The van der Waals surface area contributed by atoms with Gasteiger partial charge in [-0.3, -0.25) is 0 Å². The van der Waals surface area contributed by atoms with Crippen LogP contribution in [0.1, 0.15) is 54.6 Å². The fraction of sp³-hybridized carbons (Fsp3) is 0.500. The molecule has 5 heteroatoms. The van der Waals surface area contributed by atoms with Crippen LogP contribution in [0.4, 0.5) is 0 Å². The van der Waals surface area contributed by atoms with Crippen molar-refractivity contribution in [1.29, 1.82) is 0 Å². The molecule has 1 heterocycles. The lowest BCUT2D eigenvalue weighted by atomic mass is 10.1. The predicted molar refractivity (Wildman–Crippen MR) is 79.3 cm³/mol. The van der Waals surface area contributed by atoms with Gasteiger partial charge in [-0.15, -0.1) is 0 Å². The standard InChI is InChI=1S/C16H21N3O2/c1-10-4-7-13(11(2)17-3)14(8-10)20-9-15-18-16(21-19-15)12-5-6-12/h4,7-8,11-12,17H,5-6,9H2,1-3H3. The lowest BCUT2D eigenvalue weighted by molar-refractivity contribution is 0.280. The van der Waals surface area contributed by atoms with Crippen molar-refractivity contribution in [3.63, 3.8) is 0 Å². The van der Waals surface area contributed by atoms with Crippen molar-refractivity contribution in [3.05, 3.63) is 41.0 Å². The Morgan fingerprint density at radius 3 is 2.95 bits per heavy atom. The Morgan fingerprint density at radius 1 is 1.43 bits per heavy atom. The molecule has 0 saturated heterocycles. The van der Waals surface area contributed by atoms with E-state index in [2.05, 4.69) is 41.4 Å². The summed E-state index contributed by atoms with van der Waals surface area (Å²) in [4.78, 5) is 4.39. The largest absolute Gasteiger partial charge is 0.485 e. The Hall–Kier alpha value is -1.88. The molecular weight excluding hydrogens is 266 g/mol. The molecule has 0 radical (unpaired) electrons. The summed E-state index contributed by atoms with van der Waals surface area (Å²) in [6, 6.07) is 6.46. The molecule has 2 aromatic rings. The van der Waals surface area contributed by atoms with Crippen LogP contribution in [-0.2, 0) is 6.61 Å². The van der Waals surface area contributed by atoms with Crippen molar-refractivity contribution in [2.75, 3.05) is 7.05 Å². The number of nitrogens with zero attached hydrogens (tertiary/aromatic N) is 2. The number of hydrogen-bond acceptors (Lipinski definition) is 5. The molecule has 0 spiro atoms. The van der Waals surface area contributed by atoms with Gasteiger partial charge in [-0.25, -0.2) is 0 Å². The van der Waals surface area contributed by atoms with Crippen LogP contribution in [0.5, 0.6) is 5.75 Å². The molecule has 3 rings (SSSR count). The summed E-state index contributed by atoms with van der Waals surface area (Å²) in [6.07, 6.45) is 2.31. The van der Waals surface area contributed by atoms with Crippen molar-refractivity contribution >= 4 is 0 Å². The van der Waals surface area contributed by atoms with Gasteiger partial charge in [0, 0.05) is 17.5 Å². The van der Waals surface area contributed by atoms with E-state index in [1.807, 2.05) is 13.1 Å². The van der Waals surface area contributed by atoms with E-state index in [0.717, 1.165) is 30.0 Å². The summed E-state index contributed by atoms with van der Waals surface area (Å²) in [5.41, 5.74) is 2.30. The first kappa shape index (κ1) is 14.1. The second-order valence-corrected chi connectivity index (χ2v) is 5.66. The molecule has 112 valence electrons. The normalized spacial score (nSPS) is 16.0. The Balaban J connectivity index is 1.72.